The van der Waals surface area contributed by atoms with Crippen molar-refractivity contribution in [3.63, 3.8) is 0 Å². The molecule has 0 aliphatic carbocycles. The van der Waals surface area contributed by atoms with Crippen molar-refractivity contribution < 1.29 is 13.9 Å². The maximum Gasteiger partial charge on any atom is 0.261 e. The Kier molecular flexibility index (Phi) is 8.91. The van der Waals surface area contributed by atoms with Crippen molar-refractivity contribution >= 4 is 18.7 Å². The summed E-state index contributed by atoms with van der Waals surface area (Å²) in [5.74, 6) is 0. The molecule has 31 heavy (non-hydrogen) atoms. The Bertz CT molecular complexity index is 712. The zero-order chi connectivity index (χ0) is 22.2. The van der Waals surface area contributed by atoms with Gasteiger partial charge in [-0.3, -0.25) is 0 Å². The van der Waals surface area contributed by atoms with Gasteiger partial charge in [0.15, 0.2) is 6.29 Å². The molecular formula is C27H40O3Si. The van der Waals surface area contributed by atoms with Crippen LogP contribution in [-0.4, -0.2) is 33.9 Å². The summed E-state index contributed by atoms with van der Waals surface area (Å²) in [6, 6.07) is 21.8. The smallest absolute Gasteiger partial charge is 0.261 e. The highest BCUT2D eigenvalue weighted by molar-refractivity contribution is 6.99. The maximum absolute atomic E-state index is 7.32. The van der Waals surface area contributed by atoms with Crippen molar-refractivity contribution in [3.8, 4) is 0 Å². The number of hydrogen-bond donors (Lipinski definition) is 0. The Balaban J connectivity index is 1.88. The SMILES string of the molecule is CCCC(CCOC1CCCCO1)O[Si](c1ccccc1)(c1ccccc1)C(C)(C)C. The van der Waals surface area contributed by atoms with Crippen LogP contribution in [0.2, 0.25) is 5.04 Å². The van der Waals surface area contributed by atoms with Gasteiger partial charge in [-0.1, -0.05) is 94.8 Å². The van der Waals surface area contributed by atoms with Crippen molar-refractivity contribution in [2.24, 2.45) is 0 Å². The number of ether oxygens (including phenoxy) is 2. The Morgan fingerprint density at radius 1 is 0.935 bits per heavy atom. The Hall–Kier alpha value is -1.46. The van der Waals surface area contributed by atoms with E-state index in [1.807, 2.05) is 0 Å². The second kappa shape index (κ2) is 11.4. The van der Waals surface area contributed by atoms with Crippen LogP contribution in [0.3, 0.4) is 0 Å². The van der Waals surface area contributed by atoms with Gasteiger partial charge in [-0.2, -0.15) is 0 Å². The second-order valence-electron chi connectivity index (χ2n) is 9.65. The van der Waals surface area contributed by atoms with Crippen molar-refractivity contribution in [1.82, 2.24) is 0 Å². The minimum Gasteiger partial charge on any atom is -0.404 e. The van der Waals surface area contributed by atoms with E-state index >= 15 is 0 Å². The zero-order valence-electron chi connectivity index (χ0n) is 19.8. The van der Waals surface area contributed by atoms with Crippen LogP contribution in [-0.2, 0) is 13.9 Å². The van der Waals surface area contributed by atoms with Gasteiger partial charge in [-0.15, -0.1) is 0 Å². The summed E-state index contributed by atoms with van der Waals surface area (Å²) in [7, 11) is -2.53. The normalized spacial score (nSPS) is 18.6. The first-order chi connectivity index (χ1) is 15.0. The lowest BCUT2D eigenvalue weighted by atomic mass is 10.1. The third-order valence-corrected chi connectivity index (χ3v) is 11.3. The van der Waals surface area contributed by atoms with Crippen molar-refractivity contribution in [2.75, 3.05) is 13.2 Å². The highest BCUT2D eigenvalue weighted by Crippen LogP contribution is 2.38. The minimum absolute atomic E-state index is 0.00492. The topological polar surface area (TPSA) is 27.7 Å². The molecule has 170 valence electrons. The molecule has 4 heteroatoms. The van der Waals surface area contributed by atoms with Crippen LogP contribution < -0.4 is 10.4 Å². The van der Waals surface area contributed by atoms with Crippen LogP contribution in [0.15, 0.2) is 60.7 Å². The maximum atomic E-state index is 7.32. The average Bonchev–Trinajstić information content (AvgIpc) is 2.78. The molecule has 1 saturated heterocycles. The van der Waals surface area contributed by atoms with Crippen LogP contribution in [0.4, 0.5) is 0 Å². The molecule has 3 rings (SSSR count). The summed E-state index contributed by atoms with van der Waals surface area (Å²) in [5.41, 5.74) is 0. The molecule has 3 nitrogen and oxygen atoms in total. The van der Waals surface area contributed by atoms with E-state index in [0.29, 0.717) is 6.61 Å². The fraction of sp³-hybridized carbons (Fsp3) is 0.556. The predicted molar refractivity (Wildman–Crippen MR) is 132 cm³/mol. The highest BCUT2D eigenvalue weighted by atomic mass is 28.4. The summed E-state index contributed by atoms with van der Waals surface area (Å²) in [6.07, 6.45) is 6.52. The first kappa shape index (κ1) is 24.2. The molecule has 0 radical (unpaired) electrons. The average molecular weight is 441 g/mol. The third-order valence-electron chi connectivity index (χ3n) is 6.25. The second-order valence-corrected chi connectivity index (χ2v) is 13.9. The van der Waals surface area contributed by atoms with Gasteiger partial charge in [-0.25, -0.2) is 0 Å². The Morgan fingerprint density at radius 3 is 2.03 bits per heavy atom. The molecule has 1 aliphatic rings. The van der Waals surface area contributed by atoms with Gasteiger partial charge >= 0.3 is 0 Å². The fourth-order valence-electron chi connectivity index (χ4n) is 4.70. The summed E-state index contributed by atoms with van der Waals surface area (Å²) in [5, 5.41) is 2.67. The lowest BCUT2D eigenvalue weighted by Gasteiger charge is -2.45. The number of rotatable bonds is 10. The van der Waals surface area contributed by atoms with Gasteiger partial charge in [0.25, 0.3) is 8.32 Å². The molecular weight excluding hydrogens is 400 g/mol. The fourth-order valence-corrected chi connectivity index (χ4v) is 9.45. The van der Waals surface area contributed by atoms with Gasteiger partial charge in [-0.05, 0) is 47.5 Å². The molecule has 0 saturated carbocycles. The van der Waals surface area contributed by atoms with Crippen LogP contribution in [0.5, 0.6) is 0 Å². The third kappa shape index (κ3) is 6.07. The predicted octanol–water partition coefficient (Wildman–Crippen LogP) is 5.67. The first-order valence-electron chi connectivity index (χ1n) is 12.0. The van der Waals surface area contributed by atoms with Crippen molar-refractivity contribution in [2.45, 2.75) is 83.7 Å². The van der Waals surface area contributed by atoms with Gasteiger partial charge < -0.3 is 13.9 Å². The first-order valence-corrected chi connectivity index (χ1v) is 13.9. The molecule has 1 fully saturated rings. The summed E-state index contributed by atoms with van der Waals surface area (Å²) < 4.78 is 19.2. The van der Waals surface area contributed by atoms with Crippen LogP contribution in [0, 0.1) is 0 Å². The lowest BCUT2D eigenvalue weighted by Crippen LogP contribution is -2.67. The molecule has 0 aromatic heterocycles. The summed E-state index contributed by atoms with van der Waals surface area (Å²) in [6.45, 7) is 10.8. The Labute approximate surface area is 190 Å². The monoisotopic (exact) mass is 440 g/mol. The van der Waals surface area contributed by atoms with Gasteiger partial charge in [0.1, 0.15) is 0 Å². The lowest BCUT2D eigenvalue weighted by molar-refractivity contribution is -0.165. The van der Waals surface area contributed by atoms with E-state index in [9.17, 15) is 0 Å². The van der Waals surface area contributed by atoms with Crippen LogP contribution in [0.25, 0.3) is 0 Å². The standard InChI is InChI=1S/C27H40O3Si/c1-5-14-23(20-22-29-26-19-12-13-21-28-26)30-31(27(2,3)4,24-15-8-6-9-16-24)25-17-10-7-11-18-25/h6-11,15-18,23,26H,5,12-14,19-22H2,1-4H3. The Morgan fingerprint density at radius 2 is 1.55 bits per heavy atom. The van der Waals surface area contributed by atoms with E-state index in [-0.39, 0.29) is 17.4 Å². The highest BCUT2D eigenvalue weighted by Gasteiger charge is 2.51. The quantitative estimate of drug-likeness (QED) is 0.446. The number of benzene rings is 2. The molecule has 0 amide bonds. The molecule has 2 atom stereocenters. The van der Waals surface area contributed by atoms with E-state index in [0.717, 1.165) is 38.7 Å². The summed E-state index contributed by atoms with van der Waals surface area (Å²) in [4.78, 5) is 0. The van der Waals surface area contributed by atoms with Crippen LogP contribution in [0.1, 0.15) is 66.2 Å². The molecule has 2 unspecified atom stereocenters. The van der Waals surface area contributed by atoms with Crippen molar-refractivity contribution in [1.29, 1.82) is 0 Å². The van der Waals surface area contributed by atoms with E-state index in [1.54, 1.807) is 0 Å². The molecule has 0 N–H and O–H groups in total. The molecule has 0 spiro atoms. The van der Waals surface area contributed by atoms with Gasteiger partial charge in [0, 0.05) is 12.7 Å². The summed E-state index contributed by atoms with van der Waals surface area (Å²) >= 11 is 0. The van der Waals surface area contributed by atoms with E-state index in [2.05, 4.69) is 88.4 Å². The zero-order valence-corrected chi connectivity index (χ0v) is 20.8. The molecule has 0 bridgehead atoms. The van der Waals surface area contributed by atoms with E-state index in [1.165, 1.54) is 16.8 Å². The molecule has 2 aromatic rings. The molecule has 1 heterocycles. The van der Waals surface area contributed by atoms with E-state index < -0.39 is 8.32 Å². The van der Waals surface area contributed by atoms with Crippen molar-refractivity contribution in [3.05, 3.63) is 60.7 Å². The van der Waals surface area contributed by atoms with Gasteiger partial charge in [0.05, 0.1) is 6.61 Å². The van der Waals surface area contributed by atoms with Gasteiger partial charge in [0.2, 0.25) is 0 Å². The number of hydrogen-bond acceptors (Lipinski definition) is 3. The molecule has 1 aliphatic heterocycles. The minimum atomic E-state index is -2.53. The van der Waals surface area contributed by atoms with Crippen LogP contribution >= 0.6 is 0 Å². The van der Waals surface area contributed by atoms with E-state index in [4.69, 9.17) is 13.9 Å². The molecule has 2 aromatic carbocycles. The largest absolute Gasteiger partial charge is 0.404 e.